The van der Waals surface area contributed by atoms with Crippen LogP contribution < -0.4 is 0 Å². The van der Waals surface area contributed by atoms with E-state index in [9.17, 15) is 4.79 Å². The Bertz CT molecular complexity index is 577. The van der Waals surface area contributed by atoms with Crippen molar-refractivity contribution in [2.45, 2.75) is 0 Å². The van der Waals surface area contributed by atoms with Crippen LogP contribution in [0.15, 0.2) is 33.5 Å². The summed E-state index contributed by atoms with van der Waals surface area (Å²) in [7, 11) is 0. The van der Waals surface area contributed by atoms with Crippen LogP contribution >= 0.6 is 11.8 Å². The molecule has 3 rings (SSSR count). The Morgan fingerprint density at radius 3 is 2.86 bits per heavy atom. The molecule has 6 nitrogen and oxygen atoms in total. The van der Waals surface area contributed by atoms with Gasteiger partial charge in [-0.2, -0.15) is 0 Å². The maximum Gasteiger partial charge on any atom is 0.278 e. The number of morpholine rings is 1. The number of aliphatic imine (C=N–C) groups is 1. The second-order valence-corrected chi connectivity index (χ2v) is 5.83. The van der Waals surface area contributed by atoms with E-state index in [-0.39, 0.29) is 5.91 Å². The Balaban J connectivity index is 1.66. The first-order valence-electron chi connectivity index (χ1n) is 7.28. The van der Waals surface area contributed by atoms with E-state index in [2.05, 4.69) is 9.89 Å². The average molecular weight is 321 g/mol. The van der Waals surface area contributed by atoms with Crippen molar-refractivity contribution in [1.82, 2.24) is 9.80 Å². The number of amidine groups is 1. The van der Waals surface area contributed by atoms with Crippen molar-refractivity contribution in [3.8, 4) is 0 Å². The van der Waals surface area contributed by atoms with Crippen molar-refractivity contribution in [3.05, 3.63) is 29.9 Å². The number of carbonyl (C=O) groups is 1. The third-order valence-electron chi connectivity index (χ3n) is 3.66. The van der Waals surface area contributed by atoms with Crippen molar-refractivity contribution in [2.24, 2.45) is 4.99 Å². The standard InChI is InChI=1S/C15H19N3O3S/c1-22-15-16-13(11-12-3-2-8-21-12)14(19)18(15)5-4-17-6-9-20-10-7-17/h2-3,8,11H,4-7,9-10H2,1H3/b13-11+. The van der Waals surface area contributed by atoms with Crippen LogP contribution in [0.1, 0.15) is 5.76 Å². The van der Waals surface area contributed by atoms with Crippen molar-refractivity contribution in [2.75, 3.05) is 45.6 Å². The molecule has 0 spiro atoms. The summed E-state index contributed by atoms with van der Waals surface area (Å²) in [6.07, 6.45) is 5.21. The number of furan rings is 1. The smallest absolute Gasteiger partial charge is 0.278 e. The van der Waals surface area contributed by atoms with Crippen LogP contribution in [0.25, 0.3) is 6.08 Å². The van der Waals surface area contributed by atoms with Gasteiger partial charge < -0.3 is 9.15 Å². The lowest BCUT2D eigenvalue weighted by Gasteiger charge is -2.28. The number of carbonyl (C=O) groups excluding carboxylic acids is 1. The summed E-state index contributed by atoms with van der Waals surface area (Å²) in [4.78, 5) is 21.0. The topological polar surface area (TPSA) is 58.3 Å². The summed E-state index contributed by atoms with van der Waals surface area (Å²) < 4.78 is 10.6. The van der Waals surface area contributed by atoms with Gasteiger partial charge in [-0.05, 0) is 18.4 Å². The predicted molar refractivity (Wildman–Crippen MR) is 86.6 cm³/mol. The number of ether oxygens (including phenoxy) is 1. The molecule has 1 saturated heterocycles. The van der Waals surface area contributed by atoms with E-state index in [0.717, 1.165) is 38.0 Å². The zero-order chi connectivity index (χ0) is 15.4. The molecule has 0 unspecified atom stereocenters. The van der Waals surface area contributed by atoms with Crippen LogP contribution in [0.5, 0.6) is 0 Å². The number of rotatable bonds is 4. The Labute approximate surface area is 133 Å². The lowest BCUT2D eigenvalue weighted by atomic mass is 10.3. The Morgan fingerprint density at radius 2 is 2.18 bits per heavy atom. The summed E-state index contributed by atoms with van der Waals surface area (Å²) in [5.41, 5.74) is 0.432. The summed E-state index contributed by atoms with van der Waals surface area (Å²) in [5, 5.41) is 0.746. The molecule has 2 aliphatic rings. The quantitative estimate of drug-likeness (QED) is 0.787. The first-order chi connectivity index (χ1) is 10.8. The molecule has 0 radical (unpaired) electrons. The molecular formula is C15H19N3O3S. The molecule has 22 heavy (non-hydrogen) atoms. The monoisotopic (exact) mass is 321 g/mol. The van der Waals surface area contributed by atoms with E-state index in [1.807, 2.05) is 12.3 Å². The van der Waals surface area contributed by atoms with E-state index in [0.29, 0.717) is 18.0 Å². The summed E-state index contributed by atoms with van der Waals surface area (Å²) >= 11 is 1.49. The minimum Gasteiger partial charge on any atom is -0.465 e. The largest absolute Gasteiger partial charge is 0.465 e. The molecule has 1 fully saturated rings. The van der Waals surface area contributed by atoms with Gasteiger partial charge in [0.05, 0.1) is 19.5 Å². The van der Waals surface area contributed by atoms with Crippen LogP contribution in [0.3, 0.4) is 0 Å². The minimum absolute atomic E-state index is 0.0611. The molecule has 0 bridgehead atoms. The van der Waals surface area contributed by atoms with E-state index >= 15 is 0 Å². The molecule has 1 aromatic heterocycles. The lowest BCUT2D eigenvalue weighted by molar-refractivity contribution is -0.122. The first-order valence-corrected chi connectivity index (χ1v) is 8.50. The van der Waals surface area contributed by atoms with Gasteiger partial charge in [-0.15, -0.1) is 0 Å². The molecule has 0 saturated carbocycles. The van der Waals surface area contributed by atoms with Gasteiger partial charge >= 0.3 is 0 Å². The maximum absolute atomic E-state index is 12.5. The van der Waals surface area contributed by atoms with Crippen molar-refractivity contribution in [1.29, 1.82) is 0 Å². The van der Waals surface area contributed by atoms with E-state index in [4.69, 9.17) is 9.15 Å². The molecule has 118 valence electrons. The summed E-state index contributed by atoms with van der Waals surface area (Å²) in [6, 6.07) is 3.60. The summed E-state index contributed by atoms with van der Waals surface area (Å²) in [6.45, 7) is 4.85. The Morgan fingerprint density at radius 1 is 1.36 bits per heavy atom. The predicted octanol–water partition coefficient (Wildman–Crippen LogP) is 1.51. The first kappa shape index (κ1) is 15.3. The molecule has 1 aromatic rings. The van der Waals surface area contributed by atoms with E-state index in [1.165, 1.54) is 11.8 Å². The third-order valence-corrected chi connectivity index (χ3v) is 4.34. The SMILES string of the molecule is CSC1=N/C(=C/c2ccco2)C(=O)N1CCN1CCOCC1. The van der Waals surface area contributed by atoms with Gasteiger partial charge in [0, 0.05) is 32.3 Å². The van der Waals surface area contributed by atoms with Gasteiger partial charge in [0.1, 0.15) is 11.5 Å². The zero-order valence-corrected chi connectivity index (χ0v) is 13.3. The minimum atomic E-state index is -0.0611. The van der Waals surface area contributed by atoms with Gasteiger partial charge in [0.2, 0.25) is 0 Å². The molecular weight excluding hydrogens is 302 g/mol. The fourth-order valence-corrected chi connectivity index (χ4v) is 3.04. The normalized spacial score (nSPS) is 21.7. The van der Waals surface area contributed by atoms with E-state index in [1.54, 1.807) is 23.3 Å². The summed E-state index contributed by atoms with van der Waals surface area (Å²) in [5.74, 6) is 0.580. The van der Waals surface area contributed by atoms with Crippen LogP contribution in [-0.2, 0) is 9.53 Å². The van der Waals surface area contributed by atoms with Crippen LogP contribution in [0.4, 0.5) is 0 Å². The van der Waals surface area contributed by atoms with E-state index < -0.39 is 0 Å². The van der Waals surface area contributed by atoms with Crippen LogP contribution in [0.2, 0.25) is 0 Å². The van der Waals surface area contributed by atoms with Crippen LogP contribution in [-0.4, -0.2) is 66.5 Å². The molecule has 0 aromatic carbocycles. The van der Waals surface area contributed by atoms with Crippen molar-refractivity contribution in [3.63, 3.8) is 0 Å². The maximum atomic E-state index is 12.5. The Hall–Kier alpha value is -1.57. The molecule has 0 atom stereocenters. The molecule has 0 N–H and O–H groups in total. The number of thioether (sulfide) groups is 1. The molecule has 1 amide bonds. The fourth-order valence-electron chi connectivity index (χ4n) is 2.46. The highest BCUT2D eigenvalue weighted by Gasteiger charge is 2.30. The number of hydrogen-bond acceptors (Lipinski definition) is 6. The highest BCUT2D eigenvalue weighted by atomic mass is 32.2. The Kier molecular flexibility index (Phi) is 4.97. The second-order valence-electron chi connectivity index (χ2n) is 5.05. The van der Waals surface area contributed by atoms with Gasteiger partial charge in [0.25, 0.3) is 5.91 Å². The number of hydrogen-bond donors (Lipinski definition) is 0. The molecule has 3 heterocycles. The fraction of sp³-hybridized carbons (Fsp3) is 0.467. The van der Waals surface area contributed by atoms with Gasteiger partial charge in [0.15, 0.2) is 5.17 Å². The van der Waals surface area contributed by atoms with Gasteiger partial charge in [-0.3, -0.25) is 14.6 Å². The third kappa shape index (κ3) is 3.43. The number of nitrogens with zero attached hydrogens (tertiary/aromatic N) is 3. The number of amides is 1. The van der Waals surface area contributed by atoms with Crippen LogP contribution in [0, 0.1) is 0 Å². The molecule has 0 aliphatic carbocycles. The molecule has 7 heteroatoms. The van der Waals surface area contributed by atoms with Gasteiger partial charge in [-0.25, -0.2) is 4.99 Å². The second kappa shape index (κ2) is 7.13. The average Bonchev–Trinajstić information content (AvgIpc) is 3.16. The van der Waals surface area contributed by atoms with Crippen molar-refractivity contribution >= 4 is 28.9 Å². The zero-order valence-electron chi connectivity index (χ0n) is 12.5. The van der Waals surface area contributed by atoms with Crippen molar-refractivity contribution < 1.29 is 13.9 Å². The highest BCUT2D eigenvalue weighted by molar-refractivity contribution is 8.13. The van der Waals surface area contributed by atoms with Gasteiger partial charge in [-0.1, -0.05) is 11.8 Å². The lowest BCUT2D eigenvalue weighted by Crippen LogP contribution is -2.43. The molecule has 2 aliphatic heterocycles. The highest BCUT2D eigenvalue weighted by Crippen LogP contribution is 2.22.